The predicted molar refractivity (Wildman–Crippen MR) is 130 cm³/mol. The van der Waals surface area contributed by atoms with Crippen LogP contribution in [0.4, 0.5) is 0 Å². The molecule has 5 rings (SSSR count). The number of hydrogen-bond donors (Lipinski definition) is 2. The number of rotatable bonds is 4. The highest BCUT2D eigenvalue weighted by atomic mass is 35.5. The van der Waals surface area contributed by atoms with Crippen LogP contribution in [0.25, 0.3) is 5.57 Å². The highest BCUT2D eigenvalue weighted by Gasteiger charge is 2.29. The van der Waals surface area contributed by atoms with E-state index >= 15 is 0 Å². The van der Waals surface area contributed by atoms with E-state index in [9.17, 15) is 5.11 Å². The molecule has 3 heterocycles. The lowest BCUT2D eigenvalue weighted by atomic mass is 9.85. The van der Waals surface area contributed by atoms with E-state index in [1.54, 1.807) is 6.33 Å². The second-order valence-electron chi connectivity index (χ2n) is 9.27. The van der Waals surface area contributed by atoms with E-state index in [2.05, 4.69) is 40.0 Å². The SMILES string of the molecule is CC1C=C2CCc3cc(Cl)ccc3C(=C3CCN(C(O)CCc4cnc[nH]4)CC3)C2=NC1. The highest BCUT2D eigenvalue weighted by molar-refractivity contribution is 6.34. The summed E-state index contributed by atoms with van der Waals surface area (Å²) >= 11 is 6.36. The number of nitrogens with one attached hydrogen (secondary N) is 1. The number of aliphatic hydroxyl groups excluding tert-OH is 1. The Morgan fingerprint density at radius 1 is 1.22 bits per heavy atom. The molecule has 1 saturated heterocycles. The molecule has 5 nitrogen and oxygen atoms in total. The zero-order valence-electron chi connectivity index (χ0n) is 18.6. The Hall–Kier alpha value is -2.21. The third kappa shape index (κ3) is 4.47. The number of dihydropyridines is 1. The van der Waals surface area contributed by atoms with E-state index in [4.69, 9.17) is 16.6 Å². The van der Waals surface area contributed by atoms with Crippen LogP contribution in [0, 0.1) is 5.92 Å². The lowest BCUT2D eigenvalue weighted by Crippen LogP contribution is -2.40. The van der Waals surface area contributed by atoms with Crippen LogP contribution >= 0.6 is 11.6 Å². The fourth-order valence-corrected chi connectivity index (χ4v) is 5.45. The molecule has 168 valence electrons. The number of halogens is 1. The van der Waals surface area contributed by atoms with E-state index in [0.717, 1.165) is 62.5 Å². The fraction of sp³-hybridized carbons (Fsp3) is 0.462. The summed E-state index contributed by atoms with van der Waals surface area (Å²) in [5, 5.41) is 11.6. The largest absolute Gasteiger partial charge is 0.378 e. The van der Waals surface area contributed by atoms with Gasteiger partial charge >= 0.3 is 0 Å². The van der Waals surface area contributed by atoms with E-state index < -0.39 is 6.23 Å². The molecule has 2 aromatic rings. The van der Waals surface area contributed by atoms with Gasteiger partial charge in [-0.05, 0) is 73.3 Å². The summed E-state index contributed by atoms with van der Waals surface area (Å²) in [7, 11) is 0. The van der Waals surface area contributed by atoms with Gasteiger partial charge in [-0.1, -0.05) is 36.2 Å². The summed E-state index contributed by atoms with van der Waals surface area (Å²) in [5.74, 6) is 0.497. The number of imidazole rings is 1. The van der Waals surface area contributed by atoms with Crippen LogP contribution in [0.1, 0.15) is 49.4 Å². The maximum absolute atomic E-state index is 10.7. The lowest BCUT2D eigenvalue weighted by Gasteiger charge is -2.34. The van der Waals surface area contributed by atoms with Crippen molar-refractivity contribution < 1.29 is 5.11 Å². The summed E-state index contributed by atoms with van der Waals surface area (Å²) in [6.45, 7) is 4.85. The molecule has 2 aliphatic heterocycles. The van der Waals surface area contributed by atoms with E-state index in [1.165, 1.54) is 33.6 Å². The molecule has 0 spiro atoms. The van der Waals surface area contributed by atoms with Crippen LogP contribution in [-0.4, -0.2) is 51.5 Å². The molecule has 2 unspecified atom stereocenters. The summed E-state index contributed by atoms with van der Waals surface area (Å²) < 4.78 is 0. The number of aliphatic hydroxyl groups is 1. The number of H-pyrrole nitrogens is 1. The number of piperidine rings is 1. The molecule has 0 radical (unpaired) electrons. The zero-order valence-corrected chi connectivity index (χ0v) is 19.4. The van der Waals surface area contributed by atoms with Crippen LogP contribution in [0.15, 0.2) is 52.9 Å². The highest BCUT2D eigenvalue weighted by Crippen LogP contribution is 2.39. The maximum Gasteiger partial charge on any atom is 0.107 e. The summed E-state index contributed by atoms with van der Waals surface area (Å²) in [5.41, 5.74) is 9.09. The Labute approximate surface area is 194 Å². The van der Waals surface area contributed by atoms with Gasteiger partial charge < -0.3 is 10.1 Å². The number of nitrogens with zero attached hydrogens (tertiary/aromatic N) is 3. The van der Waals surface area contributed by atoms with Crippen LogP contribution in [-0.2, 0) is 12.8 Å². The third-order valence-corrected chi connectivity index (χ3v) is 7.20. The first-order valence-corrected chi connectivity index (χ1v) is 12.1. The van der Waals surface area contributed by atoms with Gasteiger partial charge in [-0.25, -0.2) is 4.98 Å². The number of aliphatic imine (C=N–C) groups is 1. The first kappa shape index (κ1) is 21.6. The molecule has 1 aromatic heterocycles. The summed E-state index contributed by atoms with van der Waals surface area (Å²) in [6.07, 6.45) is 11.0. The van der Waals surface area contributed by atoms with Gasteiger partial charge in [-0.3, -0.25) is 9.89 Å². The molecule has 2 N–H and O–H groups in total. The predicted octanol–water partition coefficient (Wildman–Crippen LogP) is 4.83. The molecule has 1 aromatic carbocycles. The molecular formula is C26H31ClN4O. The molecule has 1 fully saturated rings. The maximum atomic E-state index is 10.7. The minimum absolute atomic E-state index is 0.423. The first-order chi connectivity index (χ1) is 15.6. The number of fused-ring (bicyclic) bond motifs is 2. The van der Waals surface area contributed by atoms with Gasteiger partial charge in [0.05, 0.1) is 12.0 Å². The topological polar surface area (TPSA) is 64.5 Å². The zero-order chi connectivity index (χ0) is 22.1. The third-order valence-electron chi connectivity index (χ3n) is 6.97. The number of benzene rings is 1. The molecule has 2 atom stereocenters. The Balaban J connectivity index is 1.39. The van der Waals surface area contributed by atoms with Crippen molar-refractivity contribution in [2.24, 2.45) is 10.9 Å². The number of hydrogen-bond acceptors (Lipinski definition) is 4. The van der Waals surface area contributed by atoms with Gasteiger partial charge in [-0.2, -0.15) is 0 Å². The van der Waals surface area contributed by atoms with Gasteiger partial charge in [0, 0.05) is 42.1 Å². The van der Waals surface area contributed by atoms with Gasteiger partial charge in [0.2, 0.25) is 0 Å². The fourth-order valence-electron chi connectivity index (χ4n) is 5.25. The van der Waals surface area contributed by atoms with E-state index in [1.807, 2.05) is 12.3 Å². The van der Waals surface area contributed by atoms with Gasteiger partial charge in [0.15, 0.2) is 0 Å². The molecule has 6 heteroatoms. The number of aromatic amines is 1. The van der Waals surface area contributed by atoms with Crippen molar-refractivity contribution in [1.82, 2.24) is 14.9 Å². The monoisotopic (exact) mass is 450 g/mol. The molecular weight excluding hydrogens is 420 g/mol. The van der Waals surface area contributed by atoms with Crippen LogP contribution in [0.3, 0.4) is 0 Å². The molecule has 0 amide bonds. The Kier molecular flexibility index (Phi) is 6.31. The standard InChI is InChI=1S/C26H31ClN4O/c1-17-12-20-3-2-19-13-21(27)4-6-23(19)25(26(20)29-14-17)18-8-10-31(11-9-18)24(32)7-5-22-15-28-16-30-22/h4,6,12-13,15-17,24,32H,2-3,5,7-11,14H2,1H3,(H,28,30). The van der Waals surface area contributed by atoms with Gasteiger partial charge in [0.25, 0.3) is 0 Å². The molecule has 1 aliphatic carbocycles. The summed E-state index contributed by atoms with van der Waals surface area (Å²) in [6, 6.07) is 6.33. The van der Waals surface area contributed by atoms with Crippen molar-refractivity contribution in [1.29, 1.82) is 0 Å². The molecule has 32 heavy (non-hydrogen) atoms. The minimum Gasteiger partial charge on any atom is -0.378 e. The van der Waals surface area contributed by atoms with Crippen molar-refractivity contribution in [3.05, 3.63) is 69.8 Å². The molecule has 0 saturated carbocycles. The summed E-state index contributed by atoms with van der Waals surface area (Å²) in [4.78, 5) is 14.5. The van der Waals surface area contributed by atoms with E-state index in [0.29, 0.717) is 12.3 Å². The van der Waals surface area contributed by atoms with Crippen molar-refractivity contribution in [3.8, 4) is 0 Å². The minimum atomic E-state index is -0.423. The second kappa shape index (κ2) is 9.34. The quantitative estimate of drug-likeness (QED) is 0.701. The lowest BCUT2D eigenvalue weighted by molar-refractivity contribution is -0.00676. The van der Waals surface area contributed by atoms with Crippen molar-refractivity contribution >= 4 is 22.9 Å². The second-order valence-corrected chi connectivity index (χ2v) is 9.71. The average molecular weight is 451 g/mol. The number of aryl methyl sites for hydroxylation is 2. The molecule has 0 bridgehead atoms. The number of aromatic nitrogens is 2. The Bertz CT molecular complexity index is 1060. The smallest absolute Gasteiger partial charge is 0.107 e. The van der Waals surface area contributed by atoms with Gasteiger partial charge in [0.1, 0.15) is 6.23 Å². The number of likely N-dealkylation sites (tertiary alicyclic amines) is 1. The van der Waals surface area contributed by atoms with Gasteiger partial charge in [-0.15, -0.1) is 0 Å². The normalized spacial score (nSPS) is 22.5. The van der Waals surface area contributed by atoms with Crippen molar-refractivity contribution in [2.45, 2.75) is 51.7 Å². The Morgan fingerprint density at radius 2 is 2.06 bits per heavy atom. The number of allylic oxidation sites excluding steroid dienone is 2. The molecule has 3 aliphatic rings. The first-order valence-electron chi connectivity index (χ1n) is 11.7. The van der Waals surface area contributed by atoms with Crippen LogP contribution < -0.4 is 0 Å². The van der Waals surface area contributed by atoms with Crippen molar-refractivity contribution in [2.75, 3.05) is 19.6 Å². The Morgan fingerprint density at radius 3 is 2.84 bits per heavy atom. The van der Waals surface area contributed by atoms with Crippen molar-refractivity contribution in [3.63, 3.8) is 0 Å². The van der Waals surface area contributed by atoms with Crippen LogP contribution in [0.5, 0.6) is 0 Å². The van der Waals surface area contributed by atoms with E-state index in [-0.39, 0.29) is 0 Å². The van der Waals surface area contributed by atoms with Crippen LogP contribution in [0.2, 0.25) is 5.02 Å². The average Bonchev–Trinajstić information content (AvgIpc) is 3.27.